The number of hydrogen-bond acceptors (Lipinski definition) is 2. The standard InChI is InChI=1S/C16H27N3O/c1-4-18(12-16(2,3)11-17)15(20)14-9-6-10-19(14)13-7-5-8-13/h6,9-10,13H,4-5,7-8,11-12,17H2,1-3H3. The van der Waals surface area contributed by atoms with Crippen molar-refractivity contribution in [1.82, 2.24) is 9.47 Å². The Morgan fingerprint density at radius 2 is 2.20 bits per heavy atom. The van der Waals surface area contributed by atoms with Crippen molar-refractivity contribution < 1.29 is 4.79 Å². The van der Waals surface area contributed by atoms with Crippen LogP contribution in [-0.2, 0) is 0 Å². The number of carbonyl (C=O) groups is 1. The lowest BCUT2D eigenvalue weighted by Gasteiger charge is -2.33. The first-order valence-corrected chi connectivity index (χ1v) is 7.64. The molecule has 0 atom stereocenters. The van der Waals surface area contributed by atoms with Crippen LogP contribution in [0.15, 0.2) is 18.3 Å². The van der Waals surface area contributed by atoms with Crippen molar-refractivity contribution in [2.75, 3.05) is 19.6 Å². The molecule has 0 bridgehead atoms. The molecule has 1 aromatic rings. The fourth-order valence-corrected chi connectivity index (χ4v) is 2.63. The van der Waals surface area contributed by atoms with Gasteiger partial charge in [-0.1, -0.05) is 13.8 Å². The molecule has 0 aliphatic heterocycles. The Kier molecular flexibility index (Phi) is 4.53. The maximum atomic E-state index is 12.8. The van der Waals surface area contributed by atoms with Gasteiger partial charge in [0.25, 0.3) is 5.91 Å². The Morgan fingerprint density at radius 3 is 2.70 bits per heavy atom. The predicted octanol–water partition coefficient (Wildman–Crippen LogP) is 2.66. The van der Waals surface area contributed by atoms with E-state index in [9.17, 15) is 4.79 Å². The van der Waals surface area contributed by atoms with Crippen molar-refractivity contribution in [1.29, 1.82) is 0 Å². The zero-order valence-electron chi connectivity index (χ0n) is 12.9. The first-order valence-electron chi connectivity index (χ1n) is 7.64. The fourth-order valence-electron chi connectivity index (χ4n) is 2.63. The van der Waals surface area contributed by atoms with E-state index in [4.69, 9.17) is 5.73 Å². The topological polar surface area (TPSA) is 51.3 Å². The Bertz CT molecular complexity index is 460. The van der Waals surface area contributed by atoms with Crippen molar-refractivity contribution >= 4 is 5.91 Å². The van der Waals surface area contributed by atoms with Crippen LogP contribution in [0.2, 0.25) is 0 Å². The van der Waals surface area contributed by atoms with Crippen LogP contribution in [-0.4, -0.2) is 35.0 Å². The largest absolute Gasteiger partial charge is 0.340 e. The number of amides is 1. The molecule has 1 fully saturated rings. The summed E-state index contributed by atoms with van der Waals surface area (Å²) in [4.78, 5) is 14.7. The van der Waals surface area contributed by atoms with Crippen LogP contribution in [0.25, 0.3) is 0 Å². The van der Waals surface area contributed by atoms with Gasteiger partial charge in [-0.15, -0.1) is 0 Å². The highest BCUT2D eigenvalue weighted by molar-refractivity contribution is 5.92. The number of aromatic nitrogens is 1. The van der Waals surface area contributed by atoms with Gasteiger partial charge in [0.2, 0.25) is 0 Å². The average molecular weight is 277 g/mol. The molecule has 1 heterocycles. The molecule has 4 heteroatoms. The van der Waals surface area contributed by atoms with Crippen molar-refractivity contribution in [2.45, 2.75) is 46.1 Å². The molecule has 0 spiro atoms. The van der Waals surface area contributed by atoms with Crippen LogP contribution in [0, 0.1) is 5.41 Å². The Labute approximate surface area is 121 Å². The van der Waals surface area contributed by atoms with Crippen LogP contribution in [0.4, 0.5) is 0 Å². The first kappa shape index (κ1) is 15.1. The summed E-state index contributed by atoms with van der Waals surface area (Å²) in [5, 5.41) is 0. The van der Waals surface area contributed by atoms with Crippen molar-refractivity contribution in [2.24, 2.45) is 11.1 Å². The molecule has 1 aromatic heterocycles. The molecule has 1 saturated carbocycles. The summed E-state index contributed by atoms with van der Waals surface area (Å²) in [6, 6.07) is 4.44. The highest BCUT2D eigenvalue weighted by atomic mass is 16.2. The second kappa shape index (κ2) is 6.00. The van der Waals surface area contributed by atoms with E-state index >= 15 is 0 Å². The van der Waals surface area contributed by atoms with Crippen LogP contribution in [0.5, 0.6) is 0 Å². The van der Waals surface area contributed by atoms with Crippen molar-refractivity contribution in [3.63, 3.8) is 0 Å². The molecule has 0 radical (unpaired) electrons. The molecule has 2 rings (SSSR count). The predicted molar refractivity (Wildman–Crippen MR) is 81.7 cm³/mol. The third kappa shape index (κ3) is 3.06. The highest BCUT2D eigenvalue weighted by Gasteiger charge is 2.28. The summed E-state index contributed by atoms with van der Waals surface area (Å²) >= 11 is 0. The van der Waals surface area contributed by atoms with Crippen molar-refractivity contribution in [3.8, 4) is 0 Å². The molecule has 1 aliphatic rings. The number of hydrogen-bond donors (Lipinski definition) is 1. The van der Waals surface area contributed by atoms with Crippen LogP contribution >= 0.6 is 0 Å². The minimum atomic E-state index is -0.0421. The van der Waals surface area contributed by atoms with E-state index in [-0.39, 0.29) is 11.3 Å². The SMILES string of the molecule is CCN(CC(C)(C)CN)C(=O)c1cccn1C1CCC1. The van der Waals surface area contributed by atoms with E-state index in [1.165, 1.54) is 19.3 Å². The molecule has 20 heavy (non-hydrogen) atoms. The number of carbonyl (C=O) groups excluding carboxylic acids is 1. The summed E-state index contributed by atoms with van der Waals surface area (Å²) in [5.74, 6) is 0.130. The lowest BCUT2D eigenvalue weighted by Crippen LogP contribution is -2.42. The molecule has 1 aliphatic carbocycles. The zero-order valence-corrected chi connectivity index (χ0v) is 12.9. The summed E-state index contributed by atoms with van der Waals surface area (Å²) in [6.07, 6.45) is 5.69. The Morgan fingerprint density at radius 1 is 1.50 bits per heavy atom. The Hall–Kier alpha value is -1.29. The van der Waals surface area contributed by atoms with E-state index in [1.807, 2.05) is 30.2 Å². The van der Waals surface area contributed by atoms with Gasteiger partial charge < -0.3 is 15.2 Å². The number of nitrogens with two attached hydrogens (primary N) is 1. The van der Waals surface area contributed by atoms with Gasteiger partial charge in [0.05, 0.1) is 0 Å². The molecular weight excluding hydrogens is 250 g/mol. The quantitative estimate of drug-likeness (QED) is 0.869. The van der Waals surface area contributed by atoms with Gasteiger partial charge in [0.1, 0.15) is 5.69 Å². The van der Waals surface area contributed by atoms with Gasteiger partial charge in [-0.2, -0.15) is 0 Å². The molecule has 1 amide bonds. The summed E-state index contributed by atoms with van der Waals surface area (Å²) < 4.78 is 2.16. The highest BCUT2D eigenvalue weighted by Crippen LogP contribution is 2.33. The number of rotatable bonds is 6. The maximum Gasteiger partial charge on any atom is 0.270 e. The van der Waals surface area contributed by atoms with Gasteiger partial charge in [-0.25, -0.2) is 0 Å². The normalized spacial score (nSPS) is 16.0. The van der Waals surface area contributed by atoms with Crippen LogP contribution in [0.3, 0.4) is 0 Å². The monoisotopic (exact) mass is 277 g/mol. The van der Waals surface area contributed by atoms with E-state index in [0.717, 1.165) is 12.2 Å². The molecule has 0 saturated heterocycles. The molecule has 2 N–H and O–H groups in total. The molecule has 0 aromatic carbocycles. The van der Waals surface area contributed by atoms with E-state index in [2.05, 4.69) is 18.4 Å². The zero-order chi connectivity index (χ0) is 14.8. The third-order valence-electron chi connectivity index (χ3n) is 4.31. The summed E-state index contributed by atoms with van der Waals surface area (Å²) in [5.41, 5.74) is 6.58. The maximum absolute atomic E-state index is 12.8. The molecule has 0 unspecified atom stereocenters. The van der Waals surface area contributed by atoms with Gasteiger partial charge >= 0.3 is 0 Å². The average Bonchev–Trinajstić information content (AvgIpc) is 2.82. The van der Waals surface area contributed by atoms with Crippen LogP contribution < -0.4 is 5.73 Å². The lowest BCUT2D eigenvalue weighted by atomic mass is 9.92. The lowest BCUT2D eigenvalue weighted by molar-refractivity contribution is 0.0684. The minimum absolute atomic E-state index is 0.0421. The van der Waals surface area contributed by atoms with Gasteiger partial charge in [-0.05, 0) is 50.3 Å². The van der Waals surface area contributed by atoms with E-state index < -0.39 is 0 Å². The third-order valence-corrected chi connectivity index (χ3v) is 4.31. The second-order valence-electron chi connectivity index (χ2n) is 6.57. The van der Waals surface area contributed by atoms with Gasteiger partial charge in [0.15, 0.2) is 0 Å². The molecule has 112 valence electrons. The van der Waals surface area contributed by atoms with Gasteiger partial charge in [0, 0.05) is 25.3 Å². The fraction of sp³-hybridized carbons (Fsp3) is 0.688. The smallest absolute Gasteiger partial charge is 0.270 e. The van der Waals surface area contributed by atoms with Crippen LogP contribution in [0.1, 0.15) is 56.6 Å². The Balaban J connectivity index is 2.14. The molecule has 4 nitrogen and oxygen atoms in total. The minimum Gasteiger partial charge on any atom is -0.340 e. The number of nitrogens with zero attached hydrogens (tertiary/aromatic N) is 2. The van der Waals surface area contributed by atoms with Gasteiger partial charge in [-0.3, -0.25) is 4.79 Å². The summed E-state index contributed by atoms with van der Waals surface area (Å²) in [6.45, 7) is 8.25. The summed E-state index contributed by atoms with van der Waals surface area (Å²) in [7, 11) is 0. The second-order valence-corrected chi connectivity index (χ2v) is 6.57. The van der Waals surface area contributed by atoms with E-state index in [0.29, 0.717) is 19.1 Å². The molecular formula is C16H27N3O. The first-order chi connectivity index (χ1) is 9.48. The van der Waals surface area contributed by atoms with E-state index in [1.54, 1.807) is 0 Å². The van der Waals surface area contributed by atoms with Crippen molar-refractivity contribution in [3.05, 3.63) is 24.0 Å².